The summed E-state index contributed by atoms with van der Waals surface area (Å²) < 4.78 is 3.13. The lowest BCUT2D eigenvalue weighted by molar-refractivity contribution is 0.305. The first-order chi connectivity index (χ1) is 8.25. The van der Waals surface area contributed by atoms with Gasteiger partial charge in [-0.1, -0.05) is 12.1 Å². The minimum absolute atomic E-state index is 0.969. The Kier molecular flexibility index (Phi) is 2.76. The molecule has 0 N–H and O–H groups in total. The summed E-state index contributed by atoms with van der Waals surface area (Å²) in [6, 6.07) is 8.21. The molecule has 2 heterocycles. The maximum Gasteiger partial charge on any atom is 0.0791 e. The van der Waals surface area contributed by atoms with E-state index in [1.165, 1.54) is 11.3 Å². The third-order valence-electron chi connectivity index (χ3n) is 3.22. The average molecular weight is 292 g/mol. The summed E-state index contributed by atoms with van der Waals surface area (Å²) in [6.07, 6.45) is 3.10. The summed E-state index contributed by atoms with van der Waals surface area (Å²) in [6.45, 7) is 2.09. The second-order valence-electron chi connectivity index (χ2n) is 4.47. The molecule has 0 bridgehead atoms. The van der Waals surface area contributed by atoms with Crippen molar-refractivity contribution in [2.24, 2.45) is 0 Å². The molecule has 0 unspecified atom stereocenters. The number of nitrogens with zero attached hydrogens (tertiary/aromatic N) is 3. The minimum Gasteiger partial charge on any atom is -0.300 e. The number of aromatic nitrogens is 2. The van der Waals surface area contributed by atoms with E-state index in [1.54, 1.807) is 0 Å². The van der Waals surface area contributed by atoms with Crippen LogP contribution in [0.25, 0.3) is 5.69 Å². The number of hydrogen-bond donors (Lipinski definition) is 0. The van der Waals surface area contributed by atoms with Crippen LogP contribution in [-0.2, 0) is 13.0 Å². The summed E-state index contributed by atoms with van der Waals surface area (Å²) in [7, 11) is 2.15. The summed E-state index contributed by atoms with van der Waals surface area (Å²) in [5.41, 5.74) is 3.80. The van der Waals surface area contributed by atoms with Crippen molar-refractivity contribution in [3.05, 3.63) is 46.2 Å². The molecule has 88 valence electrons. The van der Waals surface area contributed by atoms with Crippen molar-refractivity contribution in [3.8, 4) is 5.69 Å². The average Bonchev–Trinajstić information content (AvgIpc) is 2.72. The molecule has 4 heteroatoms. The van der Waals surface area contributed by atoms with Gasteiger partial charge in [-0.25, -0.2) is 4.68 Å². The Morgan fingerprint density at radius 2 is 2.12 bits per heavy atom. The van der Waals surface area contributed by atoms with Gasteiger partial charge in [0.2, 0.25) is 0 Å². The molecule has 17 heavy (non-hydrogen) atoms. The molecule has 0 saturated heterocycles. The molecule has 1 aromatic heterocycles. The van der Waals surface area contributed by atoms with E-state index < -0.39 is 0 Å². The lowest BCUT2D eigenvalue weighted by Crippen LogP contribution is -2.27. The van der Waals surface area contributed by atoms with E-state index >= 15 is 0 Å². The van der Waals surface area contributed by atoms with Crippen molar-refractivity contribution in [2.45, 2.75) is 13.0 Å². The van der Waals surface area contributed by atoms with Crippen LogP contribution in [0.1, 0.15) is 11.3 Å². The second kappa shape index (κ2) is 4.27. The van der Waals surface area contributed by atoms with Crippen LogP contribution in [-0.4, -0.2) is 28.3 Å². The van der Waals surface area contributed by atoms with Gasteiger partial charge >= 0.3 is 0 Å². The molecular weight excluding hydrogens is 278 g/mol. The van der Waals surface area contributed by atoms with E-state index in [-0.39, 0.29) is 0 Å². The van der Waals surface area contributed by atoms with Crippen molar-refractivity contribution in [2.75, 3.05) is 13.6 Å². The van der Waals surface area contributed by atoms with Gasteiger partial charge in [0.15, 0.2) is 0 Å². The molecule has 0 atom stereocenters. The quantitative estimate of drug-likeness (QED) is 0.805. The van der Waals surface area contributed by atoms with E-state index in [0.29, 0.717) is 0 Å². The molecular formula is C13H14BrN3. The molecule has 1 aromatic carbocycles. The summed E-state index contributed by atoms with van der Waals surface area (Å²) in [5.74, 6) is 0. The largest absolute Gasteiger partial charge is 0.300 e. The van der Waals surface area contributed by atoms with Gasteiger partial charge in [-0.05, 0) is 47.1 Å². The van der Waals surface area contributed by atoms with Crippen molar-refractivity contribution in [3.63, 3.8) is 0 Å². The summed E-state index contributed by atoms with van der Waals surface area (Å²) in [4.78, 5) is 2.33. The van der Waals surface area contributed by atoms with E-state index in [2.05, 4.69) is 49.8 Å². The number of fused-ring (bicyclic) bond motifs is 1. The number of hydrogen-bond acceptors (Lipinski definition) is 2. The van der Waals surface area contributed by atoms with Crippen LogP contribution >= 0.6 is 15.9 Å². The van der Waals surface area contributed by atoms with Gasteiger partial charge in [-0.3, -0.25) is 0 Å². The smallest absolute Gasteiger partial charge is 0.0791 e. The summed E-state index contributed by atoms with van der Waals surface area (Å²) >= 11 is 3.59. The van der Waals surface area contributed by atoms with Gasteiger partial charge in [0.25, 0.3) is 0 Å². The molecule has 0 fully saturated rings. The Hall–Kier alpha value is -1.13. The van der Waals surface area contributed by atoms with Crippen LogP contribution in [0.5, 0.6) is 0 Å². The predicted octanol–water partition coefficient (Wildman–Crippen LogP) is 2.62. The van der Waals surface area contributed by atoms with Crippen LogP contribution in [0.15, 0.2) is 34.9 Å². The van der Waals surface area contributed by atoms with Gasteiger partial charge in [0, 0.05) is 17.6 Å². The fraction of sp³-hybridized carbons (Fsp3) is 0.308. The maximum atomic E-state index is 4.52. The van der Waals surface area contributed by atoms with Crippen LogP contribution in [0, 0.1) is 0 Å². The lowest BCUT2D eigenvalue weighted by atomic mass is 10.1. The van der Waals surface area contributed by atoms with Crippen molar-refractivity contribution in [1.82, 2.24) is 14.7 Å². The van der Waals surface area contributed by atoms with E-state index in [1.807, 2.05) is 18.3 Å². The Morgan fingerprint density at radius 3 is 2.94 bits per heavy atom. The topological polar surface area (TPSA) is 21.1 Å². The Bertz CT molecular complexity index is 547. The van der Waals surface area contributed by atoms with Crippen molar-refractivity contribution < 1.29 is 0 Å². The Morgan fingerprint density at radius 1 is 1.29 bits per heavy atom. The van der Waals surface area contributed by atoms with E-state index in [4.69, 9.17) is 0 Å². The third-order valence-corrected chi connectivity index (χ3v) is 3.89. The highest BCUT2D eigenvalue weighted by Crippen LogP contribution is 2.25. The van der Waals surface area contributed by atoms with Crippen molar-refractivity contribution >= 4 is 15.9 Å². The minimum atomic E-state index is 0.969. The molecule has 0 amide bonds. The first kappa shape index (κ1) is 11.0. The zero-order chi connectivity index (χ0) is 11.8. The van der Waals surface area contributed by atoms with E-state index in [9.17, 15) is 0 Å². The standard InChI is InChI=1S/C13H14BrN3/c1-16-7-6-10-8-15-17(13(10)9-16)12-5-3-2-4-11(12)14/h2-5,8H,6-7,9H2,1H3. The van der Waals surface area contributed by atoms with E-state index in [0.717, 1.165) is 29.7 Å². The number of rotatable bonds is 1. The first-order valence-corrected chi connectivity index (χ1v) is 6.54. The molecule has 0 spiro atoms. The lowest BCUT2D eigenvalue weighted by Gasteiger charge is -2.23. The second-order valence-corrected chi connectivity index (χ2v) is 5.32. The molecule has 1 aliphatic heterocycles. The van der Waals surface area contributed by atoms with Crippen LogP contribution in [0.2, 0.25) is 0 Å². The highest BCUT2D eigenvalue weighted by molar-refractivity contribution is 9.10. The zero-order valence-electron chi connectivity index (χ0n) is 9.73. The maximum absolute atomic E-state index is 4.52. The Labute approximate surface area is 109 Å². The molecule has 3 rings (SSSR count). The van der Waals surface area contributed by atoms with Crippen LogP contribution in [0.4, 0.5) is 0 Å². The number of halogens is 1. The number of likely N-dealkylation sites (N-methyl/N-ethyl adjacent to an activating group) is 1. The van der Waals surface area contributed by atoms with Gasteiger partial charge in [-0.2, -0.15) is 5.10 Å². The predicted molar refractivity (Wildman–Crippen MR) is 71.3 cm³/mol. The fourth-order valence-electron chi connectivity index (χ4n) is 2.26. The van der Waals surface area contributed by atoms with Crippen LogP contribution in [0.3, 0.4) is 0 Å². The molecule has 3 nitrogen and oxygen atoms in total. The zero-order valence-corrected chi connectivity index (χ0v) is 11.3. The van der Waals surface area contributed by atoms with Gasteiger partial charge in [-0.15, -0.1) is 0 Å². The number of benzene rings is 1. The molecule has 0 radical (unpaired) electrons. The molecule has 0 aliphatic carbocycles. The van der Waals surface area contributed by atoms with Crippen molar-refractivity contribution in [1.29, 1.82) is 0 Å². The normalized spacial score (nSPS) is 15.9. The molecule has 1 aliphatic rings. The fourth-order valence-corrected chi connectivity index (χ4v) is 2.71. The van der Waals surface area contributed by atoms with Gasteiger partial charge < -0.3 is 4.90 Å². The SMILES string of the molecule is CN1CCc2cnn(-c3ccccc3Br)c2C1. The Balaban J connectivity index is 2.11. The highest BCUT2D eigenvalue weighted by atomic mass is 79.9. The third kappa shape index (κ3) is 1.91. The van der Waals surface area contributed by atoms with Gasteiger partial charge in [0.05, 0.1) is 17.6 Å². The molecule has 2 aromatic rings. The number of para-hydroxylation sites is 1. The van der Waals surface area contributed by atoms with Gasteiger partial charge in [0.1, 0.15) is 0 Å². The highest BCUT2D eigenvalue weighted by Gasteiger charge is 2.19. The molecule has 0 saturated carbocycles. The van der Waals surface area contributed by atoms with Crippen LogP contribution < -0.4 is 0 Å². The monoisotopic (exact) mass is 291 g/mol. The first-order valence-electron chi connectivity index (χ1n) is 5.75. The summed E-state index contributed by atoms with van der Waals surface area (Å²) in [5, 5.41) is 4.52.